The van der Waals surface area contributed by atoms with Crippen LogP contribution in [-0.4, -0.2) is 28.7 Å². The van der Waals surface area contributed by atoms with E-state index in [1.54, 1.807) is 24.3 Å². The highest BCUT2D eigenvalue weighted by molar-refractivity contribution is 6.22. The highest BCUT2D eigenvalue weighted by Gasteiger charge is 2.43. The summed E-state index contributed by atoms with van der Waals surface area (Å²) in [6, 6.07) is 35.3. The number of fused-ring (bicyclic) bond motifs is 1. The van der Waals surface area contributed by atoms with E-state index in [4.69, 9.17) is 0 Å². The quantitative estimate of drug-likeness (QED) is 0.258. The molecule has 0 fully saturated rings. The van der Waals surface area contributed by atoms with Crippen LogP contribution in [0.1, 0.15) is 54.6 Å². The van der Waals surface area contributed by atoms with Gasteiger partial charge in [0.1, 0.15) is 6.04 Å². The van der Waals surface area contributed by atoms with E-state index in [1.807, 2.05) is 60.7 Å². The lowest BCUT2D eigenvalue weighted by Crippen LogP contribution is -2.51. The normalized spacial score (nSPS) is 15.2. The number of imide groups is 1. The van der Waals surface area contributed by atoms with E-state index in [1.165, 1.54) is 16.5 Å². The summed E-state index contributed by atoms with van der Waals surface area (Å²) in [5, 5.41) is 5.66. The number of nitrogens with zero attached hydrogens (tertiary/aromatic N) is 1. The maximum absolute atomic E-state index is 14.4. The summed E-state index contributed by atoms with van der Waals surface area (Å²) in [6.45, 7) is 0. The van der Waals surface area contributed by atoms with Crippen molar-refractivity contribution in [1.82, 2.24) is 10.2 Å². The van der Waals surface area contributed by atoms with Gasteiger partial charge in [0.05, 0.1) is 17.2 Å². The predicted molar refractivity (Wildman–Crippen MR) is 159 cm³/mol. The topological polar surface area (TPSA) is 66.5 Å². The molecule has 7 rings (SSSR count). The first-order valence-corrected chi connectivity index (χ1v) is 14.0. The Morgan fingerprint density at radius 3 is 1.98 bits per heavy atom. The van der Waals surface area contributed by atoms with Crippen molar-refractivity contribution in [1.29, 1.82) is 0 Å². The SMILES string of the molecule is O=C(N[C@@H](c1ccccc1)c1ccc2c3c(cccc13)CC2)[C@@H](Cc1ccccc1)N1C(=O)c2ccccc2C1=O. The molecule has 0 unspecified atom stereocenters. The maximum Gasteiger partial charge on any atom is 0.262 e. The molecule has 3 amide bonds. The summed E-state index contributed by atoms with van der Waals surface area (Å²) in [6.07, 6.45) is 2.23. The Bertz CT molecular complexity index is 1770. The molecule has 2 atom stereocenters. The summed E-state index contributed by atoms with van der Waals surface area (Å²) in [5.41, 5.74) is 6.10. The molecule has 1 N–H and O–H groups in total. The third-order valence-electron chi connectivity index (χ3n) is 8.35. The van der Waals surface area contributed by atoms with Crippen LogP contribution >= 0.6 is 0 Å². The number of amides is 3. The van der Waals surface area contributed by atoms with Gasteiger partial charge in [-0.1, -0.05) is 103 Å². The van der Waals surface area contributed by atoms with E-state index >= 15 is 0 Å². The summed E-state index contributed by atoms with van der Waals surface area (Å²) >= 11 is 0. The number of rotatable bonds is 7. The number of benzene rings is 5. The second-order valence-corrected chi connectivity index (χ2v) is 10.7. The van der Waals surface area contributed by atoms with Crippen molar-refractivity contribution in [2.45, 2.75) is 31.3 Å². The van der Waals surface area contributed by atoms with Crippen LogP contribution in [0.4, 0.5) is 0 Å². The average molecular weight is 537 g/mol. The van der Waals surface area contributed by atoms with Crippen LogP contribution in [0.2, 0.25) is 0 Å². The first-order chi connectivity index (χ1) is 20.1. The van der Waals surface area contributed by atoms with E-state index in [9.17, 15) is 14.4 Å². The van der Waals surface area contributed by atoms with Crippen LogP contribution in [0.5, 0.6) is 0 Å². The van der Waals surface area contributed by atoms with Crippen LogP contribution in [0, 0.1) is 0 Å². The standard InChI is InChI=1S/C36H28N2O3/c39-34(31(22-23-10-3-1-4-11-23)38-35(40)29-15-7-8-16-30(29)36(38)41)37-33(26-12-5-2-6-13-26)28-21-20-25-19-18-24-14-9-17-27(28)32(24)25/h1-17,20-21,31,33H,18-19,22H2,(H,37,39)/t31-,33+/m1/s1. The molecular weight excluding hydrogens is 508 g/mol. The minimum absolute atomic E-state index is 0.212. The molecule has 5 nitrogen and oxygen atoms in total. The van der Waals surface area contributed by atoms with Gasteiger partial charge in [-0.25, -0.2) is 0 Å². The Hall–Kier alpha value is -5.03. The van der Waals surface area contributed by atoms with Crippen molar-refractivity contribution in [2.24, 2.45) is 0 Å². The third-order valence-corrected chi connectivity index (χ3v) is 8.35. The summed E-state index contributed by atoms with van der Waals surface area (Å²) < 4.78 is 0. The molecule has 5 heteroatoms. The van der Waals surface area contributed by atoms with Crippen LogP contribution in [0.3, 0.4) is 0 Å². The Morgan fingerprint density at radius 1 is 0.683 bits per heavy atom. The Kier molecular flexibility index (Phi) is 6.20. The van der Waals surface area contributed by atoms with Gasteiger partial charge in [-0.2, -0.15) is 0 Å². The highest BCUT2D eigenvalue weighted by Crippen LogP contribution is 2.37. The number of carbonyl (C=O) groups is 3. The van der Waals surface area contributed by atoms with Crippen molar-refractivity contribution in [3.8, 4) is 0 Å². The van der Waals surface area contributed by atoms with Crippen molar-refractivity contribution in [2.75, 3.05) is 0 Å². The molecule has 1 aliphatic heterocycles. The largest absolute Gasteiger partial charge is 0.343 e. The first kappa shape index (κ1) is 25.0. The van der Waals surface area contributed by atoms with Crippen LogP contribution in [0.15, 0.2) is 115 Å². The monoisotopic (exact) mass is 536 g/mol. The van der Waals surface area contributed by atoms with Gasteiger partial charge < -0.3 is 5.32 Å². The number of carbonyl (C=O) groups excluding carboxylic acids is 3. The minimum atomic E-state index is -1.02. The zero-order chi connectivity index (χ0) is 27.9. The summed E-state index contributed by atoms with van der Waals surface area (Å²) in [5.74, 6) is -1.26. The Morgan fingerprint density at radius 2 is 1.29 bits per heavy atom. The van der Waals surface area contributed by atoms with Gasteiger partial charge in [0, 0.05) is 6.42 Å². The van der Waals surface area contributed by atoms with Crippen LogP contribution in [0.25, 0.3) is 10.8 Å². The molecule has 1 aliphatic carbocycles. The fourth-order valence-electron chi connectivity index (χ4n) is 6.38. The Balaban J connectivity index is 1.31. The van der Waals surface area contributed by atoms with E-state index in [-0.39, 0.29) is 12.3 Å². The molecule has 0 aromatic heterocycles. The summed E-state index contributed by atoms with van der Waals surface area (Å²) in [4.78, 5) is 42.6. The molecule has 5 aromatic rings. The van der Waals surface area contributed by atoms with E-state index in [2.05, 4.69) is 35.6 Å². The van der Waals surface area contributed by atoms with E-state index in [0.29, 0.717) is 11.1 Å². The molecule has 0 spiro atoms. The molecule has 1 heterocycles. The van der Waals surface area contributed by atoms with Crippen molar-refractivity contribution >= 4 is 28.5 Å². The second-order valence-electron chi connectivity index (χ2n) is 10.7. The predicted octanol–water partition coefficient (Wildman–Crippen LogP) is 6.05. The molecule has 0 radical (unpaired) electrons. The lowest BCUT2D eigenvalue weighted by atomic mass is 9.91. The molecule has 200 valence electrons. The lowest BCUT2D eigenvalue weighted by molar-refractivity contribution is -0.125. The Labute approximate surface area is 238 Å². The average Bonchev–Trinajstić information content (AvgIpc) is 3.55. The molecule has 0 saturated carbocycles. The van der Waals surface area contributed by atoms with Gasteiger partial charge in [0.25, 0.3) is 11.8 Å². The number of hydrogen-bond donors (Lipinski definition) is 1. The number of nitrogens with one attached hydrogen (secondary N) is 1. The smallest absolute Gasteiger partial charge is 0.262 e. The zero-order valence-electron chi connectivity index (χ0n) is 22.4. The zero-order valence-corrected chi connectivity index (χ0v) is 22.4. The van der Waals surface area contributed by atoms with Gasteiger partial charge in [-0.15, -0.1) is 0 Å². The van der Waals surface area contributed by atoms with E-state index in [0.717, 1.165) is 39.8 Å². The molecule has 5 aromatic carbocycles. The van der Waals surface area contributed by atoms with Gasteiger partial charge >= 0.3 is 0 Å². The van der Waals surface area contributed by atoms with Crippen molar-refractivity contribution in [3.05, 3.63) is 154 Å². The molecule has 0 bridgehead atoms. The fraction of sp³-hybridized carbons (Fsp3) is 0.139. The number of aryl methyl sites for hydroxylation is 2. The van der Waals surface area contributed by atoms with Gasteiger partial charge in [-0.3, -0.25) is 19.3 Å². The first-order valence-electron chi connectivity index (χ1n) is 14.0. The van der Waals surface area contributed by atoms with Crippen LogP contribution in [-0.2, 0) is 24.1 Å². The minimum Gasteiger partial charge on any atom is -0.343 e. The maximum atomic E-state index is 14.4. The number of hydrogen-bond acceptors (Lipinski definition) is 3. The third kappa shape index (κ3) is 4.30. The molecule has 2 aliphatic rings. The van der Waals surface area contributed by atoms with Crippen molar-refractivity contribution < 1.29 is 14.4 Å². The molecule has 0 saturated heterocycles. The van der Waals surface area contributed by atoms with Crippen LogP contribution < -0.4 is 5.32 Å². The van der Waals surface area contributed by atoms with Gasteiger partial charge in [-0.05, 0) is 63.6 Å². The summed E-state index contributed by atoms with van der Waals surface area (Å²) in [7, 11) is 0. The fourth-order valence-corrected chi connectivity index (χ4v) is 6.38. The second kappa shape index (κ2) is 10.2. The molecule has 41 heavy (non-hydrogen) atoms. The molecular formula is C36H28N2O3. The lowest BCUT2D eigenvalue weighted by Gasteiger charge is -2.29. The van der Waals surface area contributed by atoms with Crippen molar-refractivity contribution in [3.63, 3.8) is 0 Å². The van der Waals surface area contributed by atoms with Gasteiger partial charge in [0.15, 0.2) is 0 Å². The van der Waals surface area contributed by atoms with Gasteiger partial charge in [0.2, 0.25) is 5.91 Å². The highest BCUT2D eigenvalue weighted by atomic mass is 16.2. The van der Waals surface area contributed by atoms with E-state index < -0.39 is 23.9 Å².